The molecule has 0 bridgehead atoms. The maximum atomic E-state index is 13.8. The Labute approximate surface area is 113 Å². The largest absolute Gasteiger partial charge is 0.354 e. The first kappa shape index (κ1) is 14.1. The van der Waals surface area contributed by atoms with E-state index >= 15 is 0 Å². The number of alkyl halides is 2. The zero-order valence-electron chi connectivity index (χ0n) is 10.2. The summed E-state index contributed by atoms with van der Waals surface area (Å²) in [6.45, 7) is 1.44. The van der Waals surface area contributed by atoms with E-state index in [0.29, 0.717) is 5.69 Å². The van der Waals surface area contributed by atoms with Gasteiger partial charge in [0.2, 0.25) is 5.92 Å². The molecule has 1 fully saturated rings. The maximum absolute atomic E-state index is 13.8. The molecule has 1 aliphatic rings. The van der Waals surface area contributed by atoms with Gasteiger partial charge in [0.15, 0.2) is 5.82 Å². The number of H-pyrrole nitrogens is 1. The highest BCUT2D eigenvalue weighted by molar-refractivity contribution is 6.31. The Morgan fingerprint density at radius 2 is 2.26 bits per heavy atom. The summed E-state index contributed by atoms with van der Waals surface area (Å²) >= 11 is 5.84. The van der Waals surface area contributed by atoms with Crippen LogP contribution in [0.4, 0.5) is 13.2 Å². The quantitative estimate of drug-likeness (QED) is 0.608. The summed E-state index contributed by atoms with van der Waals surface area (Å²) in [6.07, 6.45) is 0.873. The fourth-order valence-electron chi connectivity index (χ4n) is 2.22. The molecule has 0 spiro atoms. The Hall–Kier alpha value is -1.30. The smallest absolute Gasteiger partial charge is 0.248 e. The van der Waals surface area contributed by atoms with E-state index in [4.69, 9.17) is 17.0 Å². The van der Waals surface area contributed by atoms with Crippen molar-refractivity contribution in [1.29, 1.82) is 5.41 Å². The second-order valence-electron chi connectivity index (χ2n) is 4.72. The third-order valence-corrected chi connectivity index (χ3v) is 3.50. The summed E-state index contributed by atoms with van der Waals surface area (Å²) in [5.74, 6) is -3.88. The van der Waals surface area contributed by atoms with Gasteiger partial charge in [-0.05, 0) is 13.3 Å². The van der Waals surface area contributed by atoms with Gasteiger partial charge < -0.3 is 4.98 Å². The molecule has 1 atom stereocenters. The van der Waals surface area contributed by atoms with Crippen molar-refractivity contribution in [3.63, 3.8) is 0 Å². The number of halogens is 4. The van der Waals surface area contributed by atoms with Crippen molar-refractivity contribution < 1.29 is 13.2 Å². The van der Waals surface area contributed by atoms with Crippen molar-refractivity contribution in [2.75, 3.05) is 0 Å². The van der Waals surface area contributed by atoms with Gasteiger partial charge in [-0.3, -0.25) is 5.41 Å². The molecule has 3 nitrogen and oxygen atoms in total. The van der Waals surface area contributed by atoms with Crippen LogP contribution in [0.25, 0.3) is 0 Å². The first-order valence-corrected chi connectivity index (χ1v) is 6.22. The van der Waals surface area contributed by atoms with Gasteiger partial charge in [0.25, 0.3) is 0 Å². The lowest BCUT2D eigenvalue weighted by Crippen LogP contribution is -2.09. The van der Waals surface area contributed by atoms with Crippen LogP contribution >= 0.6 is 11.6 Å². The molecule has 0 radical (unpaired) electrons. The topological polar surface area (TPSA) is 52.0 Å². The average Bonchev–Trinajstić information content (AvgIpc) is 2.79. The van der Waals surface area contributed by atoms with Gasteiger partial charge in [-0.1, -0.05) is 11.6 Å². The van der Waals surface area contributed by atoms with E-state index < -0.39 is 17.7 Å². The number of nitrogens with one attached hydrogen (secondary N) is 2. The lowest BCUT2D eigenvalue weighted by Gasteiger charge is -2.09. The van der Waals surface area contributed by atoms with Crippen molar-refractivity contribution in [2.24, 2.45) is 4.99 Å². The number of hydrogen-bond acceptors (Lipinski definition) is 1. The molecular formula is C12H13ClF3N3. The van der Waals surface area contributed by atoms with Crippen LogP contribution in [0.5, 0.6) is 0 Å². The molecule has 1 heterocycles. The minimum atomic E-state index is -2.71. The van der Waals surface area contributed by atoms with Gasteiger partial charge in [0.05, 0.1) is 16.9 Å². The second-order valence-corrected chi connectivity index (χ2v) is 5.10. The number of aliphatic imine (C=N–C) groups is 1. The van der Waals surface area contributed by atoms with Crippen LogP contribution in [0, 0.1) is 11.2 Å². The summed E-state index contributed by atoms with van der Waals surface area (Å²) in [6, 6.07) is 0. The Kier molecular flexibility index (Phi) is 3.71. The van der Waals surface area contributed by atoms with Crippen molar-refractivity contribution in [3.8, 4) is 0 Å². The van der Waals surface area contributed by atoms with E-state index in [1.165, 1.54) is 6.92 Å². The first-order valence-electron chi connectivity index (χ1n) is 5.84. The highest BCUT2D eigenvalue weighted by atomic mass is 35.5. The lowest BCUT2D eigenvalue weighted by atomic mass is 10.0. The molecule has 1 aromatic heterocycles. The van der Waals surface area contributed by atoms with Gasteiger partial charge >= 0.3 is 0 Å². The van der Waals surface area contributed by atoms with Crippen LogP contribution < -0.4 is 0 Å². The lowest BCUT2D eigenvalue weighted by molar-refractivity contribution is 0.00767. The highest BCUT2D eigenvalue weighted by Crippen LogP contribution is 2.46. The number of aromatic amines is 1. The maximum Gasteiger partial charge on any atom is 0.248 e. The molecule has 19 heavy (non-hydrogen) atoms. The van der Waals surface area contributed by atoms with E-state index in [-0.39, 0.29) is 35.8 Å². The van der Waals surface area contributed by atoms with Gasteiger partial charge in [0, 0.05) is 24.5 Å². The molecule has 0 amide bonds. The zero-order chi connectivity index (χ0) is 14.2. The summed E-state index contributed by atoms with van der Waals surface area (Å²) in [5, 5.41) is 6.97. The molecule has 1 aliphatic carbocycles. The zero-order valence-corrected chi connectivity index (χ0v) is 11.0. The number of rotatable bonds is 2. The Balaban J connectivity index is 2.28. The molecule has 2 rings (SSSR count). The second kappa shape index (κ2) is 5.00. The van der Waals surface area contributed by atoms with Crippen LogP contribution in [-0.2, 0) is 0 Å². The summed E-state index contributed by atoms with van der Waals surface area (Å²) in [4.78, 5) is 6.34. The van der Waals surface area contributed by atoms with Crippen molar-refractivity contribution in [1.82, 2.24) is 4.98 Å². The average molecular weight is 292 g/mol. The Morgan fingerprint density at radius 3 is 2.79 bits per heavy atom. The normalized spacial score (nSPS) is 22.3. The van der Waals surface area contributed by atoms with Crippen LogP contribution in [0.2, 0.25) is 5.02 Å². The van der Waals surface area contributed by atoms with Gasteiger partial charge in [-0.2, -0.15) is 0 Å². The van der Waals surface area contributed by atoms with Crippen molar-refractivity contribution >= 4 is 23.7 Å². The molecule has 1 unspecified atom stereocenters. The van der Waals surface area contributed by atoms with Crippen LogP contribution in [-0.4, -0.2) is 23.0 Å². The van der Waals surface area contributed by atoms with E-state index in [1.54, 1.807) is 0 Å². The van der Waals surface area contributed by atoms with Crippen molar-refractivity contribution in [2.45, 2.75) is 38.0 Å². The minimum absolute atomic E-state index is 0.0130. The molecule has 7 heteroatoms. The van der Waals surface area contributed by atoms with E-state index in [1.807, 2.05) is 0 Å². The molecule has 1 aromatic rings. The van der Waals surface area contributed by atoms with Gasteiger partial charge in [-0.15, -0.1) is 0 Å². The molecular weight excluding hydrogens is 279 g/mol. The van der Waals surface area contributed by atoms with Gasteiger partial charge in [0.1, 0.15) is 5.84 Å². The highest BCUT2D eigenvalue weighted by Gasteiger charge is 2.41. The summed E-state index contributed by atoms with van der Waals surface area (Å²) < 4.78 is 40.1. The number of aromatic nitrogens is 1. The first-order chi connectivity index (χ1) is 8.80. The van der Waals surface area contributed by atoms with E-state index in [9.17, 15) is 13.2 Å². The van der Waals surface area contributed by atoms with Crippen LogP contribution in [0.3, 0.4) is 0 Å². The fraction of sp³-hybridized carbons (Fsp3) is 0.500. The molecule has 0 aliphatic heterocycles. The fourth-order valence-corrected chi connectivity index (χ4v) is 2.52. The van der Waals surface area contributed by atoms with Gasteiger partial charge in [-0.25, -0.2) is 18.2 Å². The Morgan fingerprint density at radius 1 is 1.58 bits per heavy atom. The third-order valence-electron chi connectivity index (χ3n) is 3.13. The molecule has 0 aromatic carbocycles. The molecule has 2 N–H and O–H groups in total. The SMILES string of the molecule is CC(=N)/N=C\c1[nH]c(C2CCC(F)(F)C2)c(Cl)c1F. The standard InChI is InChI=1S/C12H13ClF3N3/c1-6(17)18-5-8-10(14)9(13)11(19-8)7-2-3-12(15,16)4-7/h5,7,17,19H,2-4H2,1H3/b17-6?,18-5-. The number of nitrogens with zero attached hydrogens (tertiary/aromatic N) is 1. The predicted molar refractivity (Wildman–Crippen MR) is 68.3 cm³/mol. The molecule has 0 saturated heterocycles. The number of hydrogen-bond donors (Lipinski definition) is 2. The van der Waals surface area contributed by atoms with Crippen LogP contribution in [0.1, 0.15) is 43.5 Å². The Bertz CT molecular complexity index is 537. The van der Waals surface area contributed by atoms with Crippen molar-refractivity contribution in [3.05, 3.63) is 22.2 Å². The number of amidine groups is 1. The predicted octanol–water partition coefficient (Wildman–Crippen LogP) is 4.13. The molecule has 104 valence electrons. The van der Waals surface area contributed by atoms with E-state index in [0.717, 1.165) is 6.21 Å². The van der Waals surface area contributed by atoms with E-state index in [2.05, 4.69) is 9.98 Å². The summed E-state index contributed by atoms with van der Waals surface area (Å²) in [7, 11) is 0. The van der Waals surface area contributed by atoms with Crippen LogP contribution in [0.15, 0.2) is 4.99 Å². The monoisotopic (exact) mass is 291 g/mol. The summed E-state index contributed by atoms with van der Waals surface area (Å²) in [5.41, 5.74) is 0.308. The third kappa shape index (κ3) is 3.00. The minimum Gasteiger partial charge on any atom is -0.354 e. The molecule has 1 saturated carbocycles.